The molecule has 0 aliphatic rings. The van der Waals surface area contributed by atoms with Crippen LogP contribution in [0.1, 0.15) is 47.1 Å². The van der Waals surface area contributed by atoms with E-state index in [4.69, 9.17) is 9.47 Å². The molecule has 8 heteroatoms. The molecule has 0 saturated carbocycles. The Balaban J connectivity index is 2.78. The molecule has 0 aliphatic heterocycles. The summed E-state index contributed by atoms with van der Waals surface area (Å²) in [4.78, 5) is 37.8. The second-order valence-corrected chi connectivity index (χ2v) is 10.5. The van der Waals surface area contributed by atoms with Crippen molar-refractivity contribution in [1.29, 1.82) is 0 Å². The predicted molar refractivity (Wildman–Crippen MR) is 125 cm³/mol. The lowest BCUT2D eigenvalue weighted by atomic mass is 10.0. The van der Waals surface area contributed by atoms with Gasteiger partial charge in [-0.3, -0.25) is 14.4 Å². The molecule has 0 heterocycles. The number of amides is 2. The highest BCUT2D eigenvalue weighted by Gasteiger charge is 2.27. The molecule has 1 unspecified atom stereocenters. The van der Waals surface area contributed by atoms with E-state index in [0.717, 1.165) is 0 Å². The van der Waals surface area contributed by atoms with Crippen molar-refractivity contribution in [2.75, 3.05) is 20.0 Å². The zero-order chi connectivity index (χ0) is 23.8. The van der Waals surface area contributed by atoms with Crippen molar-refractivity contribution in [3.8, 4) is 11.5 Å². The van der Waals surface area contributed by atoms with Gasteiger partial charge in [-0.25, -0.2) is 0 Å². The maximum absolute atomic E-state index is 12.8. The number of hydrogen-bond donors (Lipinski definition) is 2. The molecular formula is C23H36N2O5S. The second kappa shape index (κ2) is 12.0. The standard InChI is InChI=1S/C23H36N2O5S/c1-14(2)21(22(28)24-15(3)18(26)13-31-23(4,5)6)25-20(27)12-16-11-17(29-7)9-10-19(16)30-8/h9-11,14-15,21H,12-13H2,1-8H3,(H,24,28)(H,25,27)/t15-,21?/m0/s1. The minimum Gasteiger partial charge on any atom is -0.497 e. The first-order chi connectivity index (χ1) is 14.4. The van der Waals surface area contributed by atoms with Crippen LogP contribution in [0.15, 0.2) is 18.2 Å². The van der Waals surface area contributed by atoms with Gasteiger partial charge in [0.25, 0.3) is 0 Å². The van der Waals surface area contributed by atoms with E-state index in [1.807, 2.05) is 34.6 Å². The van der Waals surface area contributed by atoms with Gasteiger partial charge in [-0.05, 0) is 31.0 Å². The average Bonchev–Trinajstić information content (AvgIpc) is 2.69. The molecule has 0 spiro atoms. The molecule has 0 aromatic heterocycles. The van der Waals surface area contributed by atoms with E-state index in [1.54, 1.807) is 32.2 Å². The summed E-state index contributed by atoms with van der Waals surface area (Å²) in [6.07, 6.45) is 0.0353. The number of carbonyl (C=O) groups is 3. The fourth-order valence-electron chi connectivity index (χ4n) is 2.75. The first-order valence-electron chi connectivity index (χ1n) is 10.3. The fourth-order valence-corrected chi connectivity index (χ4v) is 3.57. The van der Waals surface area contributed by atoms with Crippen LogP contribution in [-0.2, 0) is 20.8 Å². The monoisotopic (exact) mass is 452 g/mol. The van der Waals surface area contributed by atoms with Gasteiger partial charge in [-0.15, -0.1) is 11.8 Å². The molecule has 1 aromatic rings. The van der Waals surface area contributed by atoms with Crippen molar-refractivity contribution in [3.63, 3.8) is 0 Å². The largest absolute Gasteiger partial charge is 0.497 e. The Hall–Kier alpha value is -2.22. The Morgan fingerprint density at radius 2 is 1.68 bits per heavy atom. The number of ketones is 1. The van der Waals surface area contributed by atoms with E-state index in [0.29, 0.717) is 22.8 Å². The Kier molecular flexibility index (Phi) is 10.4. The highest BCUT2D eigenvalue weighted by atomic mass is 32.2. The number of Topliss-reactive ketones (excluding diaryl/α,β-unsaturated/α-hetero) is 1. The minimum absolute atomic E-state index is 0.0327. The van der Waals surface area contributed by atoms with Crippen LogP contribution in [0.3, 0.4) is 0 Å². The van der Waals surface area contributed by atoms with Crippen LogP contribution < -0.4 is 20.1 Å². The Bertz CT molecular complexity index is 774. The number of carbonyl (C=O) groups excluding carboxylic acids is 3. The molecule has 7 nitrogen and oxygen atoms in total. The highest BCUT2D eigenvalue weighted by molar-refractivity contribution is 8.01. The Morgan fingerprint density at radius 1 is 1.03 bits per heavy atom. The quantitative estimate of drug-likeness (QED) is 0.536. The van der Waals surface area contributed by atoms with E-state index in [-0.39, 0.29) is 34.7 Å². The normalized spacial score (nSPS) is 13.3. The molecule has 0 aliphatic carbocycles. The summed E-state index contributed by atoms with van der Waals surface area (Å²) >= 11 is 1.54. The number of thioether (sulfide) groups is 1. The van der Waals surface area contributed by atoms with E-state index >= 15 is 0 Å². The molecule has 0 fully saturated rings. The molecule has 0 saturated heterocycles. The number of methoxy groups -OCH3 is 2. The van der Waals surface area contributed by atoms with Gasteiger partial charge in [0.1, 0.15) is 17.5 Å². The van der Waals surface area contributed by atoms with Crippen LogP contribution in [0.5, 0.6) is 11.5 Å². The first kappa shape index (κ1) is 26.8. The lowest BCUT2D eigenvalue weighted by molar-refractivity contribution is -0.131. The van der Waals surface area contributed by atoms with E-state index < -0.39 is 12.1 Å². The molecule has 0 radical (unpaired) electrons. The molecule has 2 N–H and O–H groups in total. The number of nitrogens with one attached hydrogen (secondary N) is 2. The van der Waals surface area contributed by atoms with Crippen LogP contribution >= 0.6 is 11.8 Å². The predicted octanol–water partition coefficient (Wildman–Crippen LogP) is 2.99. The Labute approximate surface area is 190 Å². The second-order valence-electron chi connectivity index (χ2n) is 8.74. The van der Waals surface area contributed by atoms with Crippen LogP contribution in [-0.4, -0.2) is 54.4 Å². The maximum Gasteiger partial charge on any atom is 0.243 e. The number of benzene rings is 1. The van der Waals surface area contributed by atoms with Gasteiger partial charge in [0.05, 0.1) is 32.4 Å². The van der Waals surface area contributed by atoms with E-state index in [9.17, 15) is 14.4 Å². The summed E-state index contributed by atoms with van der Waals surface area (Å²) in [5, 5.41) is 5.54. The molecule has 1 rings (SSSR count). The highest BCUT2D eigenvalue weighted by Crippen LogP contribution is 2.25. The number of rotatable bonds is 11. The number of hydrogen-bond acceptors (Lipinski definition) is 6. The van der Waals surface area contributed by atoms with Crippen LogP contribution in [0.25, 0.3) is 0 Å². The first-order valence-corrected chi connectivity index (χ1v) is 11.3. The van der Waals surface area contributed by atoms with Crippen molar-refractivity contribution < 1.29 is 23.9 Å². The van der Waals surface area contributed by atoms with Gasteiger partial charge in [0.15, 0.2) is 5.78 Å². The van der Waals surface area contributed by atoms with Gasteiger partial charge < -0.3 is 20.1 Å². The molecule has 31 heavy (non-hydrogen) atoms. The molecule has 1 aromatic carbocycles. The van der Waals surface area contributed by atoms with Gasteiger partial charge in [-0.1, -0.05) is 34.6 Å². The van der Waals surface area contributed by atoms with Crippen molar-refractivity contribution in [3.05, 3.63) is 23.8 Å². The van der Waals surface area contributed by atoms with Crippen molar-refractivity contribution >= 4 is 29.4 Å². The van der Waals surface area contributed by atoms with Crippen LogP contribution in [0.4, 0.5) is 0 Å². The summed E-state index contributed by atoms with van der Waals surface area (Å²) in [5.74, 6) is 0.606. The lowest BCUT2D eigenvalue weighted by Crippen LogP contribution is -2.53. The van der Waals surface area contributed by atoms with Crippen LogP contribution in [0.2, 0.25) is 0 Å². The molecular weight excluding hydrogens is 416 g/mol. The molecule has 174 valence electrons. The minimum atomic E-state index is -0.755. The zero-order valence-electron chi connectivity index (χ0n) is 19.8. The topological polar surface area (TPSA) is 93.7 Å². The van der Waals surface area contributed by atoms with Crippen LogP contribution in [0, 0.1) is 5.92 Å². The fraction of sp³-hybridized carbons (Fsp3) is 0.609. The molecule has 0 bridgehead atoms. The average molecular weight is 453 g/mol. The van der Waals surface area contributed by atoms with Crippen molar-refractivity contribution in [1.82, 2.24) is 10.6 Å². The third-order valence-corrected chi connectivity index (χ3v) is 5.89. The maximum atomic E-state index is 12.8. The van der Waals surface area contributed by atoms with Crippen molar-refractivity contribution in [2.45, 2.75) is 64.8 Å². The summed E-state index contributed by atoms with van der Waals surface area (Å²) in [7, 11) is 3.08. The summed E-state index contributed by atoms with van der Waals surface area (Å²) in [6, 6.07) is 3.84. The van der Waals surface area contributed by atoms with Gasteiger partial charge in [0.2, 0.25) is 11.8 Å². The summed E-state index contributed by atoms with van der Waals surface area (Å²) in [5.41, 5.74) is 0.657. The van der Waals surface area contributed by atoms with Crippen molar-refractivity contribution in [2.24, 2.45) is 5.92 Å². The third-order valence-electron chi connectivity index (χ3n) is 4.59. The van der Waals surface area contributed by atoms with Gasteiger partial charge in [0, 0.05) is 10.3 Å². The molecule has 2 atom stereocenters. The van der Waals surface area contributed by atoms with Gasteiger partial charge in [-0.2, -0.15) is 0 Å². The Morgan fingerprint density at radius 3 is 2.19 bits per heavy atom. The SMILES string of the molecule is COc1ccc(OC)c(CC(=O)NC(C(=O)N[C@@H](C)C(=O)CSC(C)(C)C)C(C)C)c1. The zero-order valence-corrected chi connectivity index (χ0v) is 20.6. The lowest BCUT2D eigenvalue weighted by Gasteiger charge is -2.24. The molecule has 2 amide bonds. The van der Waals surface area contributed by atoms with E-state index in [1.165, 1.54) is 18.9 Å². The summed E-state index contributed by atoms with van der Waals surface area (Å²) in [6.45, 7) is 11.5. The third kappa shape index (κ3) is 9.21. The summed E-state index contributed by atoms with van der Waals surface area (Å²) < 4.78 is 10.5. The number of ether oxygens (including phenoxy) is 2. The smallest absolute Gasteiger partial charge is 0.243 e. The van der Waals surface area contributed by atoms with Gasteiger partial charge >= 0.3 is 0 Å². The van der Waals surface area contributed by atoms with E-state index in [2.05, 4.69) is 10.6 Å².